The number of aromatic nitrogens is 1. The lowest BCUT2D eigenvalue weighted by Crippen LogP contribution is -2.55. The molecule has 1 aromatic rings. The van der Waals surface area contributed by atoms with Crippen molar-refractivity contribution in [3.63, 3.8) is 0 Å². The third-order valence-corrected chi connectivity index (χ3v) is 7.55. The van der Waals surface area contributed by atoms with Crippen molar-refractivity contribution in [1.29, 1.82) is 0 Å². The van der Waals surface area contributed by atoms with Crippen LogP contribution in [0.15, 0.2) is 12.1 Å². The number of amides is 1. The molecule has 0 N–H and O–H groups in total. The van der Waals surface area contributed by atoms with Gasteiger partial charge < -0.3 is 9.80 Å². The average molecular weight is 434 g/mol. The molecule has 1 aliphatic carbocycles. The highest BCUT2D eigenvalue weighted by molar-refractivity contribution is 5.78. The lowest BCUT2D eigenvalue weighted by Gasteiger charge is -2.43. The second-order valence-electron chi connectivity index (χ2n) is 9.58. The van der Waals surface area contributed by atoms with Crippen LogP contribution in [0.25, 0.3) is 0 Å². The molecule has 0 aromatic carbocycles. The number of piperazine rings is 1. The summed E-state index contributed by atoms with van der Waals surface area (Å²) in [5, 5.41) is 0. The Balaban J connectivity index is 1.13. The van der Waals surface area contributed by atoms with E-state index in [4.69, 9.17) is 4.98 Å². The molecule has 1 aromatic heterocycles. The van der Waals surface area contributed by atoms with E-state index in [1.54, 1.807) is 0 Å². The quantitative estimate of drug-likeness (QED) is 0.730. The number of carbonyl (C=O) groups excluding carboxylic acids is 1. The van der Waals surface area contributed by atoms with Crippen molar-refractivity contribution in [1.82, 2.24) is 19.7 Å². The van der Waals surface area contributed by atoms with Gasteiger partial charge in [0.1, 0.15) is 5.82 Å². The minimum Gasteiger partial charge on any atom is -0.356 e. The van der Waals surface area contributed by atoms with Crippen LogP contribution in [-0.4, -0.2) is 89.9 Å². The van der Waals surface area contributed by atoms with Gasteiger partial charge in [0.05, 0.1) is 6.54 Å². The Hall–Kier alpha value is -1.80. The Morgan fingerprint density at radius 3 is 2.45 bits per heavy atom. The molecule has 0 bridgehead atoms. The molecule has 31 heavy (non-hydrogen) atoms. The Bertz CT molecular complexity index is 797. The fraction of sp³-hybridized carbons (Fsp3) is 0.739. The van der Waals surface area contributed by atoms with Gasteiger partial charge in [0.15, 0.2) is 0 Å². The van der Waals surface area contributed by atoms with Crippen molar-refractivity contribution in [2.24, 2.45) is 0 Å². The molecule has 1 amide bonds. The van der Waals surface area contributed by atoms with Gasteiger partial charge in [0.25, 0.3) is 5.92 Å². The largest absolute Gasteiger partial charge is 0.356 e. The van der Waals surface area contributed by atoms with Crippen molar-refractivity contribution in [3.8, 4) is 0 Å². The molecule has 3 fully saturated rings. The Kier molecular flexibility index (Phi) is 5.86. The molecule has 0 spiro atoms. The Morgan fingerprint density at radius 1 is 1.03 bits per heavy atom. The van der Waals surface area contributed by atoms with Crippen molar-refractivity contribution in [2.45, 2.75) is 57.0 Å². The van der Waals surface area contributed by atoms with Gasteiger partial charge >= 0.3 is 0 Å². The predicted octanol–water partition coefficient (Wildman–Crippen LogP) is 2.37. The van der Waals surface area contributed by atoms with Gasteiger partial charge in [-0.2, -0.15) is 0 Å². The topological polar surface area (TPSA) is 42.9 Å². The zero-order valence-electron chi connectivity index (χ0n) is 18.2. The van der Waals surface area contributed by atoms with Gasteiger partial charge in [-0.15, -0.1) is 0 Å². The van der Waals surface area contributed by atoms with Crippen LogP contribution in [0, 0.1) is 0 Å². The molecule has 1 saturated carbocycles. The lowest BCUT2D eigenvalue weighted by atomic mass is 9.91. The summed E-state index contributed by atoms with van der Waals surface area (Å²) < 4.78 is 26.9. The number of anilines is 1. The number of hydrogen-bond acceptors (Lipinski definition) is 5. The molecular formula is C23H33F2N5O. The van der Waals surface area contributed by atoms with Crippen molar-refractivity contribution in [3.05, 3.63) is 23.4 Å². The van der Waals surface area contributed by atoms with E-state index >= 15 is 0 Å². The Labute approximate surface area is 183 Å². The first-order valence-electron chi connectivity index (χ1n) is 11.8. The number of piperidine rings is 1. The minimum atomic E-state index is -2.54. The van der Waals surface area contributed by atoms with Crippen LogP contribution in [0.1, 0.15) is 43.4 Å². The standard InChI is InChI=1S/C23H33F2N5O/c24-23(25)7-10-29(11-8-23)21-5-4-18-16-27(9-6-20(18)26-21)17-22(31)30-14-12-28(13-15-30)19-2-1-3-19/h4-5,19H,1-3,6-17H2. The van der Waals surface area contributed by atoms with E-state index in [0.29, 0.717) is 19.6 Å². The molecule has 4 aliphatic rings. The Morgan fingerprint density at radius 2 is 1.77 bits per heavy atom. The summed E-state index contributed by atoms with van der Waals surface area (Å²) in [5.41, 5.74) is 2.20. The fourth-order valence-corrected chi connectivity index (χ4v) is 5.22. The number of nitrogens with zero attached hydrogens (tertiary/aromatic N) is 5. The van der Waals surface area contributed by atoms with Gasteiger partial charge in [-0.1, -0.05) is 12.5 Å². The molecule has 0 radical (unpaired) electrons. The van der Waals surface area contributed by atoms with E-state index in [-0.39, 0.29) is 18.7 Å². The number of halogens is 2. The fourth-order valence-electron chi connectivity index (χ4n) is 5.22. The normalized spacial score (nSPS) is 25.2. The first-order valence-corrected chi connectivity index (χ1v) is 11.8. The highest BCUT2D eigenvalue weighted by Crippen LogP contribution is 2.31. The van der Waals surface area contributed by atoms with Gasteiger partial charge in [-0.05, 0) is 24.5 Å². The zero-order valence-corrected chi connectivity index (χ0v) is 18.2. The van der Waals surface area contributed by atoms with E-state index in [9.17, 15) is 13.6 Å². The summed E-state index contributed by atoms with van der Waals surface area (Å²) in [7, 11) is 0. The summed E-state index contributed by atoms with van der Waals surface area (Å²) in [6.45, 7) is 6.43. The van der Waals surface area contributed by atoms with Gasteiger partial charge in [-0.25, -0.2) is 13.8 Å². The van der Waals surface area contributed by atoms with Crippen LogP contribution < -0.4 is 4.90 Å². The minimum absolute atomic E-state index is 0.101. The third kappa shape index (κ3) is 4.70. The maximum Gasteiger partial charge on any atom is 0.251 e. The molecule has 0 atom stereocenters. The lowest BCUT2D eigenvalue weighted by molar-refractivity contribution is -0.135. The summed E-state index contributed by atoms with van der Waals surface area (Å²) in [6.07, 6.45) is 4.59. The maximum atomic E-state index is 13.4. The molecule has 8 heteroatoms. The maximum absolute atomic E-state index is 13.4. The van der Waals surface area contributed by atoms with E-state index in [1.165, 1.54) is 19.3 Å². The van der Waals surface area contributed by atoms with E-state index in [0.717, 1.165) is 68.8 Å². The predicted molar refractivity (Wildman–Crippen MR) is 115 cm³/mol. The highest BCUT2D eigenvalue weighted by atomic mass is 19.3. The van der Waals surface area contributed by atoms with E-state index in [1.807, 2.05) is 15.9 Å². The first-order chi connectivity index (χ1) is 15.0. The zero-order chi connectivity index (χ0) is 21.4. The molecule has 6 nitrogen and oxygen atoms in total. The van der Waals surface area contributed by atoms with E-state index in [2.05, 4.69) is 15.9 Å². The SMILES string of the molecule is O=C(CN1CCc2nc(N3CCC(F)(F)CC3)ccc2C1)N1CCN(C2CCC2)CC1. The average Bonchev–Trinajstić information content (AvgIpc) is 2.73. The molecule has 4 heterocycles. The number of fused-ring (bicyclic) bond motifs is 1. The molecule has 170 valence electrons. The smallest absolute Gasteiger partial charge is 0.251 e. The number of carbonyl (C=O) groups is 1. The van der Waals surface area contributed by atoms with E-state index < -0.39 is 5.92 Å². The van der Waals surface area contributed by atoms with Crippen molar-refractivity contribution < 1.29 is 13.6 Å². The monoisotopic (exact) mass is 433 g/mol. The number of rotatable bonds is 4. The van der Waals surface area contributed by atoms with Gasteiger partial charge in [0, 0.05) is 83.4 Å². The molecule has 0 unspecified atom stereocenters. The van der Waals surface area contributed by atoms with Crippen LogP contribution in [-0.2, 0) is 17.8 Å². The van der Waals surface area contributed by atoms with Crippen molar-refractivity contribution in [2.75, 3.05) is 57.3 Å². The molecular weight excluding hydrogens is 400 g/mol. The van der Waals surface area contributed by atoms with Crippen LogP contribution in [0.3, 0.4) is 0 Å². The van der Waals surface area contributed by atoms with Crippen LogP contribution in [0.2, 0.25) is 0 Å². The van der Waals surface area contributed by atoms with Gasteiger partial charge in [0.2, 0.25) is 5.91 Å². The summed E-state index contributed by atoms with van der Waals surface area (Å²) in [5.74, 6) is -1.50. The van der Waals surface area contributed by atoms with Crippen LogP contribution in [0.5, 0.6) is 0 Å². The summed E-state index contributed by atoms with van der Waals surface area (Å²) in [4.78, 5) is 26.4. The second-order valence-corrected chi connectivity index (χ2v) is 9.58. The summed E-state index contributed by atoms with van der Waals surface area (Å²) in [6, 6.07) is 4.78. The number of alkyl halides is 2. The number of pyridine rings is 1. The van der Waals surface area contributed by atoms with Gasteiger partial charge in [-0.3, -0.25) is 14.6 Å². The molecule has 5 rings (SSSR count). The highest BCUT2D eigenvalue weighted by Gasteiger charge is 2.35. The third-order valence-electron chi connectivity index (χ3n) is 7.55. The first kappa shape index (κ1) is 21.1. The van der Waals surface area contributed by atoms with Crippen LogP contribution >= 0.6 is 0 Å². The van der Waals surface area contributed by atoms with Crippen molar-refractivity contribution >= 4 is 11.7 Å². The molecule has 3 aliphatic heterocycles. The summed E-state index contributed by atoms with van der Waals surface area (Å²) >= 11 is 0. The van der Waals surface area contributed by atoms with Crippen LogP contribution in [0.4, 0.5) is 14.6 Å². The molecule has 2 saturated heterocycles. The second kappa shape index (κ2) is 8.62. The number of hydrogen-bond donors (Lipinski definition) is 0.